The van der Waals surface area contributed by atoms with Crippen LogP contribution in [0.15, 0.2) is 53.4 Å². The van der Waals surface area contributed by atoms with Gasteiger partial charge in [-0.25, -0.2) is 0 Å². The number of nitrogens with one attached hydrogen (secondary N) is 1. The van der Waals surface area contributed by atoms with Crippen LogP contribution in [0.25, 0.3) is 0 Å². The maximum absolute atomic E-state index is 12.0. The van der Waals surface area contributed by atoms with Crippen LogP contribution in [0.3, 0.4) is 0 Å². The summed E-state index contributed by atoms with van der Waals surface area (Å²) in [5.41, 5.74) is 2.38. The molecule has 2 aromatic rings. The highest BCUT2D eigenvalue weighted by Gasteiger charge is 2.07. The molecule has 0 fully saturated rings. The van der Waals surface area contributed by atoms with Crippen molar-refractivity contribution in [3.05, 3.63) is 69.8 Å². The average Bonchev–Trinajstić information content (AvgIpc) is 2.70. The second-order valence-corrected chi connectivity index (χ2v) is 7.14. The van der Waals surface area contributed by atoms with E-state index in [1.165, 1.54) is 29.5 Å². The van der Waals surface area contributed by atoms with E-state index in [-0.39, 0.29) is 17.3 Å². The van der Waals surface area contributed by atoms with Gasteiger partial charge in [0.15, 0.2) is 0 Å². The van der Waals surface area contributed by atoms with E-state index < -0.39 is 4.92 Å². The van der Waals surface area contributed by atoms with Crippen molar-refractivity contribution in [1.82, 2.24) is 10.2 Å². The lowest BCUT2D eigenvalue weighted by atomic mass is 10.1. The molecule has 0 saturated heterocycles. The number of nitro groups is 1. The highest BCUT2D eigenvalue weighted by Crippen LogP contribution is 2.21. The number of amides is 1. The smallest absolute Gasteiger partial charge is 0.269 e. The maximum atomic E-state index is 12.0. The molecule has 0 atom stereocenters. The van der Waals surface area contributed by atoms with Gasteiger partial charge in [0.2, 0.25) is 5.91 Å². The van der Waals surface area contributed by atoms with Crippen LogP contribution in [0, 0.1) is 10.1 Å². The molecule has 0 unspecified atom stereocenters. The third-order valence-electron chi connectivity index (χ3n) is 4.23. The summed E-state index contributed by atoms with van der Waals surface area (Å²) >= 11 is 1.36. The Morgan fingerprint density at radius 2 is 1.63 bits per heavy atom. The van der Waals surface area contributed by atoms with Gasteiger partial charge in [0.25, 0.3) is 5.69 Å². The summed E-state index contributed by atoms with van der Waals surface area (Å²) in [6.07, 6.45) is 0. The van der Waals surface area contributed by atoms with Gasteiger partial charge in [-0.2, -0.15) is 0 Å². The van der Waals surface area contributed by atoms with Crippen LogP contribution in [0.4, 0.5) is 5.69 Å². The predicted octanol–water partition coefficient (Wildman–Crippen LogP) is 3.85. The van der Waals surface area contributed by atoms with Gasteiger partial charge in [-0.1, -0.05) is 38.1 Å². The summed E-state index contributed by atoms with van der Waals surface area (Å²) in [7, 11) is 0. The zero-order valence-corrected chi connectivity index (χ0v) is 16.5. The molecule has 2 rings (SSSR count). The first-order valence-corrected chi connectivity index (χ1v) is 9.94. The van der Waals surface area contributed by atoms with Crippen LogP contribution in [-0.4, -0.2) is 34.6 Å². The molecule has 6 nitrogen and oxygen atoms in total. The first-order chi connectivity index (χ1) is 13.0. The largest absolute Gasteiger partial charge is 0.351 e. The van der Waals surface area contributed by atoms with Crippen molar-refractivity contribution in [3.8, 4) is 0 Å². The highest BCUT2D eigenvalue weighted by molar-refractivity contribution is 8.00. The fourth-order valence-electron chi connectivity index (χ4n) is 2.53. The third kappa shape index (κ3) is 7.03. The Morgan fingerprint density at radius 1 is 1.04 bits per heavy atom. The maximum Gasteiger partial charge on any atom is 0.269 e. The number of hydrogen-bond acceptors (Lipinski definition) is 5. The number of nitro benzene ring substituents is 1. The number of thioether (sulfide) groups is 1. The summed E-state index contributed by atoms with van der Waals surface area (Å²) in [5.74, 6) is 0.211. The van der Waals surface area contributed by atoms with Gasteiger partial charge in [0.05, 0.1) is 10.7 Å². The highest BCUT2D eigenvalue weighted by atomic mass is 32.2. The summed E-state index contributed by atoms with van der Waals surface area (Å²) in [4.78, 5) is 25.4. The molecule has 0 bridgehead atoms. The zero-order valence-electron chi connectivity index (χ0n) is 15.7. The quantitative estimate of drug-likeness (QED) is 0.381. The number of benzene rings is 2. The minimum Gasteiger partial charge on any atom is -0.351 e. The third-order valence-corrected chi connectivity index (χ3v) is 5.24. The molecule has 27 heavy (non-hydrogen) atoms. The number of hydrogen-bond donors (Lipinski definition) is 1. The van der Waals surface area contributed by atoms with Crippen molar-refractivity contribution in [1.29, 1.82) is 0 Å². The molecule has 144 valence electrons. The predicted molar refractivity (Wildman–Crippen MR) is 109 cm³/mol. The van der Waals surface area contributed by atoms with Crippen molar-refractivity contribution in [2.75, 3.05) is 18.8 Å². The molecule has 2 aromatic carbocycles. The minimum atomic E-state index is -0.436. The second kappa shape index (κ2) is 10.7. The molecule has 0 aliphatic rings. The number of carbonyl (C=O) groups excluding carboxylic acids is 1. The molecule has 0 radical (unpaired) electrons. The van der Waals surface area contributed by atoms with E-state index in [0.717, 1.165) is 30.1 Å². The van der Waals surface area contributed by atoms with Gasteiger partial charge in [-0.05, 0) is 36.3 Å². The Kier molecular flexibility index (Phi) is 8.29. The van der Waals surface area contributed by atoms with Crippen LogP contribution in [0.2, 0.25) is 0 Å². The van der Waals surface area contributed by atoms with E-state index in [0.29, 0.717) is 6.54 Å². The van der Waals surface area contributed by atoms with Gasteiger partial charge < -0.3 is 5.32 Å². The van der Waals surface area contributed by atoms with Crippen LogP contribution in [0.1, 0.15) is 25.0 Å². The van der Waals surface area contributed by atoms with Gasteiger partial charge in [-0.3, -0.25) is 19.8 Å². The Balaban J connectivity index is 1.75. The normalized spacial score (nSPS) is 10.8. The molecule has 0 saturated carbocycles. The number of nitrogens with zero attached hydrogens (tertiary/aromatic N) is 2. The molecule has 1 N–H and O–H groups in total. The van der Waals surface area contributed by atoms with E-state index in [2.05, 4.69) is 36.2 Å². The summed E-state index contributed by atoms with van der Waals surface area (Å²) in [6.45, 7) is 7.79. The Morgan fingerprint density at radius 3 is 2.19 bits per heavy atom. The first kappa shape index (κ1) is 20.9. The molecule has 1 amide bonds. The summed E-state index contributed by atoms with van der Waals surface area (Å²) in [5, 5.41) is 13.5. The SMILES string of the molecule is CCN(CC)Cc1ccc(CNC(=O)CSc2ccc([N+](=O)[O-])cc2)cc1. The average molecular weight is 388 g/mol. The van der Waals surface area contributed by atoms with E-state index in [1.807, 2.05) is 12.1 Å². The molecular formula is C20H25N3O3S. The number of rotatable bonds is 10. The first-order valence-electron chi connectivity index (χ1n) is 8.96. The van der Waals surface area contributed by atoms with Crippen LogP contribution >= 0.6 is 11.8 Å². The van der Waals surface area contributed by atoms with E-state index >= 15 is 0 Å². The minimum absolute atomic E-state index is 0.0493. The van der Waals surface area contributed by atoms with Gasteiger partial charge in [-0.15, -0.1) is 11.8 Å². The van der Waals surface area contributed by atoms with Crippen molar-refractivity contribution in [2.45, 2.75) is 31.8 Å². The van der Waals surface area contributed by atoms with Gasteiger partial charge >= 0.3 is 0 Å². The van der Waals surface area contributed by atoms with Crippen molar-refractivity contribution in [2.24, 2.45) is 0 Å². The molecule has 0 aliphatic carbocycles. The molecule has 0 aromatic heterocycles. The Hall–Kier alpha value is -2.38. The van der Waals surface area contributed by atoms with Gasteiger partial charge in [0, 0.05) is 30.1 Å². The lowest BCUT2D eigenvalue weighted by Crippen LogP contribution is -2.24. The van der Waals surface area contributed by atoms with E-state index in [9.17, 15) is 14.9 Å². The van der Waals surface area contributed by atoms with Crippen LogP contribution in [-0.2, 0) is 17.9 Å². The van der Waals surface area contributed by atoms with E-state index in [4.69, 9.17) is 0 Å². The lowest BCUT2D eigenvalue weighted by Gasteiger charge is -2.18. The lowest BCUT2D eigenvalue weighted by molar-refractivity contribution is -0.384. The fourth-order valence-corrected chi connectivity index (χ4v) is 3.26. The zero-order chi connectivity index (χ0) is 19.6. The van der Waals surface area contributed by atoms with Crippen molar-refractivity contribution < 1.29 is 9.72 Å². The van der Waals surface area contributed by atoms with Crippen LogP contribution in [0.5, 0.6) is 0 Å². The Bertz CT molecular complexity index is 744. The molecule has 0 heterocycles. The number of non-ortho nitro benzene ring substituents is 1. The standard InChI is InChI=1S/C20H25N3O3S/c1-3-22(4-2)14-17-7-5-16(6-8-17)13-21-20(24)15-27-19-11-9-18(10-12-19)23(25)26/h5-12H,3-4,13-15H2,1-2H3,(H,21,24). The molecular weight excluding hydrogens is 362 g/mol. The topological polar surface area (TPSA) is 75.5 Å². The van der Waals surface area contributed by atoms with Crippen molar-refractivity contribution >= 4 is 23.4 Å². The molecule has 7 heteroatoms. The summed E-state index contributed by atoms with van der Waals surface area (Å²) in [6, 6.07) is 14.5. The van der Waals surface area contributed by atoms with Gasteiger partial charge in [0.1, 0.15) is 0 Å². The molecule has 0 aliphatic heterocycles. The second-order valence-electron chi connectivity index (χ2n) is 6.09. The van der Waals surface area contributed by atoms with Crippen molar-refractivity contribution in [3.63, 3.8) is 0 Å². The Labute approximate surface area is 164 Å². The van der Waals surface area contributed by atoms with E-state index in [1.54, 1.807) is 12.1 Å². The summed E-state index contributed by atoms with van der Waals surface area (Å²) < 4.78 is 0. The number of carbonyl (C=O) groups is 1. The monoisotopic (exact) mass is 387 g/mol. The van der Waals surface area contributed by atoms with Crippen LogP contribution < -0.4 is 5.32 Å². The fraction of sp³-hybridized carbons (Fsp3) is 0.350. The molecule has 0 spiro atoms.